The van der Waals surface area contributed by atoms with Gasteiger partial charge in [0.05, 0.1) is 29.4 Å². The summed E-state index contributed by atoms with van der Waals surface area (Å²) in [6.45, 7) is -0.267. The van der Waals surface area contributed by atoms with Crippen LogP contribution in [0.5, 0.6) is 0 Å². The van der Waals surface area contributed by atoms with Gasteiger partial charge >= 0.3 is 0 Å². The number of nitrogens with zero attached hydrogens (tertiary/aromatic N) is 3. The van der Waals surface area contributed by atoms with Gasteiger partial charge in [-0.15, -0.1) is 0 Å². The van der Waals surface area contributed by atoms with Gasteiger partial charge in [0.15, 0.2) is 0 Å². The first-order valence-corrected chi connectivity index (χ1v) is 13.7. The Morgan fingerprint density at radius 1 is 0.865 bits per heavy atom. The SMILES string of the molecule is O=C1C2CCC[C@H]2N(C(=O)CN2C(=O)c3ccccc3S2(=O)=O)c2ccccc2N1Cc1ccccc1.[HH]. The number of anilines is 2. The molecule has 1 unspecified atom stereocenters. The summed E-state index contributed by atoms with van der Waals surface area (Å²) in [5.74, 6) is -1.70. The Bertz CT molecular complexity index is 1530. The number of carbonyl (C=O) groups excluding carboxylic acids is 3. The highest BCUT2D eigenvalue weighted by atomic mass is 32.2. The zero-order valence-electron chi connectivity index (χ0n) is 20.0. The summed E-state index contributed by atoms with van der Waals surface area (Å²) >= 11 is 0. The predicted molar refractivity (Wildman–Crippen MR) is 139 cm³/mol. The summed E-state index contributed by atoms with van der Waals surface area (Å²) in [7, 11) is -4.14. The molecule has 2 atom stereocenters. The number of carbonyl (C=O) groups is 3. The number of amides is 3. The Kier molecular flexibility index (Phi) is 5.60. The monoisotopic (exact) mass is 517 g/mol. The molecule has 2 aliphatic heterocycles. The molecule has 190 valence electrons. The fourth-order valence-electron chi connectivity index (χ4n) is 5.77. The minimum absolute atomic E-state index is 0. The average Bonchev–Trinajstić information content (AvgIpc) is 3.43. The molecular weight excluding hydrogens is 490 g/mol. The summed E-state index contributed by atoms with van der Waals surface area (Å²) in [6.07, 6.45) is 2.04. The van der Waals surface area contributed by atoms with Crippen LogP contribution in [0, 0.1) is 5.92 Å². The minimum atomic E-state index is -4.14. The number of hydrogen-bond acceptors (Lipinski definition) is 5. The molecule has 3 amide bonds. The van der Waals surface area contributed by atoms with Crippen molar-refractivity contribution in [2.45, 2.75) is 36.7 Å². The molecule has 3 aromatic rings. The van der Waals surface area contributed by atoms with E-state index in [0.29, 0.717) is 35.1 Å². The number of benzene rings is 3. The van der Waals surface area contributed by atoms with Gasteiger partial charge in [-0.2, -0.15) is 0 Å². The second-order valence-electron chi connectivity index (χ2n) is 9.58. The largest absolute Gasteiger partial charge is 0.306 e. The van der Waals surface area contributed by atoms with Gasteiger partial charge in [-0.25, -0.2) is 12.7 Å². The van der Waals surface area contributed by atoms with Crippen LogP contribution in [0.2, 0.25) is 0 Å². The molecule has 8 nitrogen and oxygen atoms in total. The highest BCUT2D eigenvalue weighted by Crippen LogP contribution is 2.43. The Morgan fingerprint density at radius 3 is 2.30 bits per heavy atom. The first-order chi connectivity index (χ1) is 17.9. The lowest BCUT2D eigenvalue weighted by atomic mass is 10.0. The summed E-state index contributed by atoms with van der Waals surface area (Å²) in [5, 5.41) is 0. The maximum absolute atomic E-state index is 13.9. The van der Waals surface area contributed by atoms with E-state index in [0.717, 1.165) is 12.0 Å². The van der Waals surface area contributed by atoms with E-state index in [4.69, 9.17) is 0 Å². The lowest BCUT2D eigenvalue weighted by Crippen LogP contribution is -2.49. The molecule has 9 heteroatoms. The van der Waals surface area contributed by atoms with Crippen LogP contribution in [0.3, 0.4) is 0 Å². The second-order valence-corrected chi connectivity index (χ2v) is 11.4. The Labute approximate surface area is 216 Å². The van der Waals surface area contributed by atoms with Gasteiger partial charge in [-0.05, 0) is 42.7 Å². The quantitative estimate of drug-likeness (QED) is 0.524. The van der Waals surface area contributed by atoms with Gasteiger partial charge in [0.1, 0.15) is 11.4 Å². The normalized spacial score (nSPS) is 21.9. The lowest BCUT2D eigenvalue weighted by Gasteiger charge is -2.31. The smallest absolute Gasteiger partial charge is 0.269 e. The highest BCUT2D eigenvalue weighted by molar-refractivity contribution is 7.90. The molecule has 2 heterocycles. The maximum atomic E-state index is 13.9. The van der Waals surface area contributed by atoms with Crippen LogP contribution in [-0.2, 0) is 26.2 Å². The van der Waals surface area contributed by atoms with Crippen LogP contribution in [0.1, 0.15) is 36.6 Å². The van der Waals surface area contributed by atoms with Crippen LogP contribution in [0.15, 0.2) is 83.8 Å². The van der Waals surface area contributed by atoms with Gasteiger partial charge in [0.2, 0.25) is 11.8 Å². The van der Waals surface area contributed by atoms with E-state index in [1.54, 1.807) is 34.1 Å². The Morgan fingerprint density at radius 2 is 1.54 bits per heavy atom. The number of hydrogen-bond donors (Lipinski definition) is 0. The zero-order chi connectivity index (χ0) is 25.7. The van der Waals surface area contributed by atoms with Crippen molar-refractivity contribution in [2.24, 2.45) is 5.92 Å². The van der Waals surface area contributed by atoms with Crippen molar-refractivity contribution in [3.8, 4) is 0 Å². The molecule has 6 rings (SSSR count). The number of rotatable bonds is 4. The van der Waals surface area contributed by atoms with Crippen molar-refractivity contribution in [1.82, 2.24) is 4.31 Å². The van der Waals surface area contributed by atoms with Crippen LogP contribution in [0.25, 0.3) is 0 Å². The minimum Gasteiger partial charge on any atom is -0.306 e. The van der Waals surface area contributed by atoms with E-state index in [1.165, 1.54) is 12.1 Å². The Balaban J connectivity index is 0.00000294. The van der Waals surface area contributed by atoms with Crippen molar-refractivity contribution >= 4 is 39.1 Å². The molecule has 0 spiro atoms. The molecule has 1 fully saturated rings. The van der Waals surface area contributed by atoms with Crippen molar-refractivity contribution in [3.05, 3.63) is 90.0 Å². The van der Waals surface area contributed by atoms with Gasteiger partial charge in [0.25, 0.3) is 15.9 Å². The molecular formula is C28H27N3O5S. The lowest BCUT2D eigenvalue weighted by molar-refractivity contribution is -0.123. The van der Waals surface area contributed by atoms with Gasteiger partial charge in [-0.1, -0.05) is 61.0 Å². The fraction of sp³-hybridized carbons (Fsp3) is 0.250. The van der Waals surface area contributed by atoms with E-state index in [2.05, 4.69) is 0 Å². The first kappa shape index (κ1) is 23.4. The summed E-state index contributed by atoms with van der Waals surface area (Å²) in [6, 6.07) is 22.4. The van der Waals surface area contributed by atoms with E-state index in [1.807, 2.05) is 42.5 Å². The number of para-hydroxylation sites is 2. The molecule has 1 saturated carbocycles. The summed E-state index contributed by atoms with van der Waals surface area (Å²) in [4.78, 5) is 43.9. The van der Waals surface area contributed by atoms with Crippen LogP contribution >= 0.6 is 0 Å². The molecule has 1 aliphatic carbocycles. The third kappa shape index (κ3) is 3.72. The van der Waals surface area contributed by atoms with Gasteiger partial charge in [-0.3, -0.25) is 14.4 Å². The molecule has 3 aliphatic rings. The third-order valence-electron chi connectivity index (χ3n) is 7.47. The van der Waals surface area contributed by atoms with Crippen molar-refractivity contribution in [3.63, 3.8) is 0 Å². The number of fused-ring (bicyclic) bond motifs is 3. The standard InChI is InChI=1S/C28H25N3O5S.H2/c32-26(18-30-28(34)21-11-4-7-16-25(21)37(30,35)36)31-22-15-8-12-20(22)27(33)29(17-19-9-2-1-3-10-19)23-13-5-6-14-24(23)31;/h1-7,9-11,13-14,16,20,22H,8,12,15,17-18H2;1H/t20?,22-;/m1./s1. The fourth-order valence-corrected chi connectivity index (χ4v) is 7.28. The van der Waals surface area contributed by atoms with Gasteiger partial charge in [0, 0.05) is 7.47 Å². The molecule has 37 heavy (non-hydrogen) atoms. The molecule has 3 aromatic carbocycles. The average molecular weight is 518 g/mol. The molecule has 0 N–H and O–H groups in total. The summed E-state index contributed by atoms with van der Waals surface area (Å²) in [5.41, 5.74) is 2.17. The van der Waals surface area contributed by atoms with E-state index in [9.17, 15) is 22.8 Å². The number of sulfonamides is 1. The van der Waals surface area contributed by atoms with Crippen molar-refractivity contribution in [2.75, 3.05) is 16.3 Å². The predicted octanol–water partition coefficient (Wildman–Crippen LogP) is 3.83. The highest BCUT2D eigenvalue weighted by Gasteiger charge is 2.48. The second kappa shape index (κ2) is 8.85. The van der Waals surface area contributed by atoms with E-state index in [-0.39, 0.29) is 17.8 Å². The maximum Gasteiger partial charge on any atom is 0.269 e. The first-order valence-electron chi connectivity index (χ1n) is 12.3. The Hall–Kier alpha value is -3.98. The zero-order valence-corrected chi connectivity index (χ0v) is 20.8. The molecule has 0 saturated heterocycles. The van der Waals surface area contributed by atoms with Crippen molar-refractivity contribution in [1.29, 1.82) is 0 Å². The molecule has 0 radical (unpaired) electrons. The van der Waals surface area contributed by atoms with Gasteiger partial charge < -0.3 is 9.80 Å². The van der Waals surface area contributed by atoms with E-state index < -0.39 is 40.3 Å². The van der Waals surface area contributed by atoms with Crippen molar-refractivity contribution < 1.29 is 24.2 Å². The molecule has 0 bridgehead atoms. The van der Waals surface area contributed by atoms with E-state index >= 15 is 0 Å². The van der Waals surface area contributed by atoms with Crippen LogP contribution < -0.4 is 9.80 Å². The van der Waals surface area contributed by atoms with Crippen LogP contribution in [0.4, 0.5) is 11.4 Å². The topological polar surface area (TPSA) is 95.1 Å². The molecule has 0 aromatic heterocycles. The third-order valence-corrected chi connectivity index (χ3v) is 9.26. The summed E-state index contributed by atoms with van der Waals surface area (Å²) < 4.78 is 26.9. The van der Waals surface area contributed by atoms with Crippen LogP contribution in [-0.4, -0.2) is 43.0 Å².